The van der Waals surface area contributed by atoms with Gasteiger partial charge in [0.05, 0.1) is 6.10 Å². The molecule has 0 spiro atoms. The first-order valence-corrected chi connectivity index (χ1v) is 7.24. The summed E-state index contributed by atoms with van der Waals surface area (Å²) in [6.45, 7) is 2.91. The molecule has 1 aliphatic rings. The summed E-state index contributed by atoms with van der Waals surface area (Å²) in [5.41, 5.74) is 1.00. The van der Waals surface area contributed by atoms with Gasteiger partial charge < -0.3 is 10.4 Å². The Balaban J connectivity index is 1.76. The van der Waals surface area contributed by atoms with Gasteiger partial charge in [0.15, 0.2) is 0 Å². The SMILES string of the molecule is CC(NCC(O)c1ccccc1)C1CCCCC1. The molecule has 1 fully saturated rings. The number of aliphatic hydroxyl groups excluding tert-OH is 1. The lowest BCUT2D eigenvalue weighted by Gasteiger charge is -2.29. The van der Waals surface area contributed by atoms with Gasteiger partial charge in [-0.2, -0.15) is 0 Å². The van der Waals surface area contributed by atoms with Crippen molar-refractivity contribution in [2.75, 3.05) is 6.54 Å². The zero-order chi connectivity index (χ0) is 12.8. The maximum atomic E-state index is 10.1. The lowest BCUT2D eigenvalue weighted by molar-refractivity contribution is 0.161. The summed E-state index contributed by atoms with van der Waals surface area (Å²) in [5, 5.41) is 13.6. The van der Waals surface area contributed by atoms with Crippen LogP contribution in [0.4, 0.5) is 0 Å². The van der Waals surface area contributed by atoms with Gasteiger partial charge in [-0.15, -0.1) is 0 Å². The molecular weight excluding hydrogens is 222 g/mol. The van der Waals surface area contributed by atoms with Crippen molar-refractivity contribution < 1.29 is 5.11 Å². The third-order valence-corrected chi connectivity index (χ3v) is 4.17. The topological polar surface area (TPSA) is 32.3 Å². The lowest BCUT2D eigenvalue weighted by Crippen LogP contribution is -2.37. The summed E-state index contributed by atoms with van der Waals surface area (Å²) in [7, 11) is 0. The minimum Gasteiger partial charge on any atom is -0.387 e. The van der Waals surface area contributed by atoms with E-state index in [-0.39, 0.29) is 0 Å². The van der Waals surface area contributed by atoms with Crippen molar-refractivity contribution in [2.45, 2.75) is 51.2 Å². The molecule has 1 saturated carbocycles. The highest BCUT2D eigenvalue weighted by Gasteiger charge is 2.20. The van der Waals surface area contributed by atoms with Crippen LogP contribution in [0.3, 0.4) is 0 Å². The Kier molecular flexibility index (Phi) is 5.21. The van der Waals surface area contributed by atoms with Gasteiger partial charge in [-0.1, -0.05) is 49.6 Å². The minimum absolute atomic E-state index is 0.391. The summed E-state index contributed by atoms with van der Waals surface area (Å²) in [5.74, 6) is 0.793. The monoisotopic (exact) mass is 247 g/mol. The van der Waals surface area contributed by atoms with Crippen molar-refractivity contribution in [1.29, 1.82) is 0 Å². The normalized spacial score (nSPS) is 20.6. The van der Waals surface area contributed by atoms with Crippen molar-refractivity contribution in [3.63, 3.8) is 0 Å². The van der Waals surface area contributed by atoms with Crippen LogP contribution in [0.2, 0.25) is 0 Å². The Bertz CT molecular complexity index is 332. The number of aliphatic hydroxyl groups is 1. The first-order valence-electron chi connectivity index (χ1n) is 7.24. The van der Waals surface area contributed by atoms with E-state index in [0.29, 0.717) is 12.6 Å². The average Bonchev–Trinajstić information content (AvgIpc) is 2.46. The zero-order valence-corrected chi connectivity index (χ0v) is 11.3. The Hall–Kier alpha value is -0.860. The van der Waals surface area contributed by atoms with Crippen LogP contribution in [0.25, 0.3) is 0 Å². The second-order valence-corrected chi connectivity index (χ2v) is 5.52. The van der Waals surface area contributed by atoms with Crippen LogP contribution in [0.5, 0.6) is 0 Å². The standard InChI is InChI=1S/C16H25NO/c1-13(14-8-4-2-5-9-14)17-12-16(18)15-10-6-3-7-11-15/h3,6-7,10-11,13-14,16-18H,2,4-5,8-9,12H2,1H3. The lowest BCUT2D eigenvalue weighted by atomic mass is 9.84. The van der Waals surface area contributed by atoms with Gasteiger partial charge in [-0.05, 0) is 31.2 Å². The van der Waals surface area contributed by atoms with Crippen molar-refractivity contribution in [3.8, 4) is 0 Å². The van der Waals surface area contributed by atoms with E-state index < -0.39 is 6.10 Å². The quantitative estimate of drug-likeness (QED) is 0.837. The Labute approximate surface area is 110 Å². The van der Waals surface area contributed by atoms with Crippen molar-refractivity contribution in [3.05, 3.63) is 35.9 Å². The summed E-state index contributed by atoms with van der Waals surface area (Å²) >= 11 is 0. The van der Waals surface area contributed by atoms with E-state index in [1.54, 1.807) is 0 Å². The predicted molar refractivity (Wildman–Crippen MR) is 75.4 cm³/mol. The van der Waals surface area contributed by atoms with Crippen LogP contribution in [-0.4, -0.2) is 17.7 Å². The molecule has 2 nitrogen and oxygen atoms in total. The van der Waals surface area contributed by atoms with Gasteiger partial charge in [0.2, 0.25) is 0 Å². The van der Waals surface area contributed by atoms with Crippen LogP contribution in [0, 0.1) is 5.92 Å². The molecule has 100 valence electrons. The number of nitrogens with one attached hydrogen (secondary N) is 1. The number of hydrogen-bond acceptors (Lipinski definition) is 2. The molecule has 0 aromatic heterocycles. The molecule has 1 aliphatic carbocycles. The number of hydrogen-bond donors (Lipinski definition) is 2. The first-order chi connectivity index (χ1) is 8.77. The molecule has 2 heteroatoms. The molecule has 0 radical (unpaired) electrons. The van der Waals surface area contributed by atoms with Gasteiger partial charge in [-0.25, -0.2) is 0 Å². The third kappa shape index (κ3) is 3.82. The van der Waals surface area contributed by atoms with Crippen LogP contribution >= 0.6 is 0 Å². The summed E-state index contributed by atoms with van der Waals surface area (Å²) in [6.07, 6.45) is 6.44. The van der Waals surface area contributed by atoms with E-state index in [2.05, 4.69) is 12.2 Å². The maximum Gasteiger partial charge on any atom is 0.0914 e. The smallest absolute Gasteiger partial charge is 0.0914 e. The summed E-state index contributed by atoms with van der Waals surface area (Å²) in [4.78, 5) is 0. The molecule has 0 amide bonds. The highest BCUT2D eigenvalue weighted by molar-refractivity contribution is 5.17. The fourth-order valence-electron chi connectivity index (χ4n) is 2.89. The molecule has 1 aromatic rings. The summed E-state index contributed by atoms with van der Waals surface area (Å²) in [6, 6.07) is 10.4. The highest BCUT2D eigenvalue weighted by atomic mass is 16.3. The van der Waals surface area contributed by atoms with E-state index >= 15 is 0 Å². The molecule has 1 aromatic carbocycles. The van der Waals surface area contributed by atoms with E-state index in [1.165, 1.54) is 32.1 Å². The predicted octanol–water partition coefficient (Wildman–Crippen LogP) is 3.28. The minimum atomic E-state index is -0.391. The van der Waals surface area contributed by atoms with Crippen molar-refractivity contribution in [2.24, 2.45) is 5.92 Å². The molecule has 0 saturated heterocycles. The molecule has 2 rings (SSSR count). The Morgan fingerprint density at radius 3 is 2.50 bits per heavy atom. The van der Waals surface area contributed by atoms with Crippen molar-refractivity contribution in [1.82, 2.24) is 5.32 Å². The third-order valence-electron chi connectivity index (χ3n) is 4.17. The van der Waals surface area contributed by atoms with Gasteiger partial charge in [0, 0.05) is 12.6 Å². The Morgan fingerprint density at radius 1 is 1.17 bits per heavy atom. The molecule has 2 N–H and O–H groups in total. The van der Waals surface area contributed by atoms with E-state index in [9.17, 15) is 5.11 Å². The van der Waals surface area contributed by atoms with Crippen LogP contribution < -0.4 is 5.32 Å². The largest absolute Gasteiger partial charge is 0.387 e. The van der Waals surface area contributed by atoms with Gasteiger partial charge in [0.25, 0.3) is 0 Å². The average molecular weight is 247 g/mol. The fraction of sp³-hybridized carbons (Fsp3) is 0.625. The van der Waals surface area contributed by atoms with Crippen LogP contribution in [0.1, 0.15) is 50.7 Å². The molecule has 18 heavy (non-hydrogen) atoms. The molecular formula is C16H25NO. The van der Waals surface area contributed by atoms with Crippen molar-refractivity contribution >= 4 is 0 Å². The zero-order valence-electron chi connectivity index (χ0n) is 11.3. The Morgan fingerprint density at radius 2 is 1.83 bits per heavy atom. The van der Waals surface area contributed by atoms with E-state index in [4.69, 9.17) is 0 Å². The van der Waals surface area contributed by atoms with Gasteiger partial charge >= 0.3 is 0 Å². The second-order valence-electron chi connectivity index (χ2n) is 5.52. The van der Waals surface area contributed by atoms with Gasteiger partial charge in [-0.3, -0.25) is 0 Å². The fourth-order valence-corrected chi connectivity index (χ4v) is 2.89. The molecule has 0 bridgehead atoms. The summed E-state index contributed by atoms with van der Waals surface area (Å²) < 4.78 is 0. The molecule has 0 aliphatic heterocycles. The van der Waals surface area contributed by atoms with E-state index in [1.807, 2.05) is 30.3 Å². The molecule has 2 atom stereocenters. The molecule has 2 unspecified atom stereocenters. The van der Waals surface area contributed by atoms with E-state index in [0.717, 1.165) is 11.5 Å². The number of rotatable bonds is 5. The first kappa shape index (κ1) is 13.6. The maximum absolute atomic E-state index is 10.1. The van der Waals surface area contributed by atoms with Gasteiger partial charge in [0.1, 0.15) is 0 Å². The van der Waals surface area contributed by atoms with Crippen LogP contribution in [-0.2, 0) is 0 Å². The molecule has 0 heterocycles. The second kappa shape index (κ2) is 6.91. The number of benzene rings is 1. The highest BCUT2D eigenvalue weighted by Crippen LogP contribution is 2.26. The van der Waals surface area contributed by atoms with Crippen LogP contribution in [0.15, 0.2) is 30.3 Å².